The van der Waals surface area contributed by atoms with Crippen LogP contribution in [0.1, 0.15) is 47.0 Å². The molecule has 0 aromatic rings. The van der Waals surface area contributed by atoms with Crippen molar-refractivity contribution in [1.82, 2.24) is 4.90 Å². The highest BCUT2D eigenvalue weighted by molar-refractivity contribution is 5.89. The maximum atomic E-state index is 12.0. The van der Waals surface area contributed by atoms with Crippen LogP contribution < -0.4 is 0 Å². The Morgan fingerprint density at radius 3 is 2.18 bits per heavy atom. The summed E-state index contributed by atoms with van der Waals surface area (Å²) in [4.78, 5) is 25.2. The Morgan fingerprint density at radius 2 is 1.82 bits per heavy atom. The number of rotatable bonds is 3. The van der Waals surface area contributed by atoms with Gasteiger partial charge in [0.25, 0.3) is 0 Å². The number of Topliss-reactive ketones (excluding diaryl/α,β-unsaturated/α-hetero) is 1. The number of carbonyl (C=O) groups excluding carboxylic acids is 2. The van der Waals surface area contributed by atoms with Crippen molar-refractivity contribution in [1.29, 1.82) is 0 Å². The van der Waals surface area contributed by atoms with Gasteiger partial charge in [-0.25, -0.2) is 4.79 Å². The summed E-state index contributed by atoms with van der Waals surface area (Å²) in [5.74, 6) is 0.305. The Bertz CT molecular complexity index is 302. The van der Waals surface area contributed by atoms with Gasteiger partial charge in [0.15, 0.2) is 5.78 Å². The van der Waals surface area contributed by atoms with Gasteiger partial charge in [-0.05, 0) is 40.5 Å². The number of amides is 1. The normalized spacial score (nSPS) is 18.2. The van der Waals surface area contributed by atoms with Gasteiger partial charge < -0.3 is 9.64 Å². The summed E-state index contributed by atoms with van der Waals surface area (Å²) in [6, 6.07) is -0.393. The van der Waals surface area contributed by atoms with Crippen LogP contribution in [0, 0.1) is 5.92 Å². The first-order chi connectivity index (χ1) is 7.72. The summed E-state index contributed by atoms with van der Waals surface area (Å²) in [5.41, 5.74) is -0.523. The third kappa shape index (κ3) is 3.72. The average molecular weight is 241 g/mol. The first kappa shape index (κ1) is 14.0. The standard InChI is InChI=1S/C13H23NO3/c1-9(11(15)10-7-6-8-10)14(5)12(16)17-13(2,3)4/h9-10H,6-8H2,1-5H3/t9-/m0/s1. The molecule has 4 nitrogen and oxygen atoms in total. The second-order valence-electron chi connectivity index (χ2n) is 5.80. The van der Waals surface area contributed by atoms with E-state index in [-0.39, 0.29) is 11.7 Å². The largest absolute Gasteiger partial charge is 0.444 e. The molecule has 1 amide bonds. The molecule has 1 aliphatic carbocycles. The minimum absolute atomic E-state index is 0.148. The SMILES string of the molecule is C[C@@H](C(=O)C1CCC1)N(C)C(=O)OC(C)(C)C. The van der Waals surface area contributed by atoms with Gasteiger partial charge in [-0.3, -0.25) is 4.79 Å². The fraction of sp³-hybridized carbons (Fsp3) is 0.846. The van der Waals surface area contributed by atoms with Crippen LogP contribution >= 0.6 is 0 Å². The molecule has 1 saturated carbocycles. The van der Waals surface area contributed by atoms with Crippen LogP contribution in [0.5, 0.6) is 0 Å². The lowest BCUT2D eigenvalue weighted by molar-refractivity contribution is -0.129. The first-order valence-corrected chi connectivity index (χ1v) is 6.22. The van der Waals surface area contributed by atoms with Crippen molar-refractivity contribution >= 4 is 11.9 Å². The summed E-state index contributed by atoms with van der Waals surface area (Å²) in [5, 5.41) is 0. The second kappa shape index (κ2) is 5.07. The fourth-order valence-electron chi connectivity index (χ4n) is 1.72. The maximum Gasteiger partial charge on any atom is 0.410 e. The lowest BCUT2D eigenvalue weighted by Gasteiger charge is -2.32. The topological polar surface area (TPSA) is 46.6 Å². The van der Waals surface area contributed by atoms with Gasteiger partial charge >= 0.3 is 6.09 Å². The van der Waals surface area contributed by atoms with Crippen molar-refractivity contribution < 1.29 is 14.3 Å². The van der Waals surface area contributed by atoms with Crippen molar-refractivity contribution in [3.63, 3.8) is 0 Å². The Hall–Kier alpha value is -1.06. The average Bonchev–Trinajstić information content (AvgIpc) is 2.09. The number of ether oxygens (including phenoxy) is 1. The van der Waals surface area contributed by atoms with E-state index in [1.165, 1.54) is 4.90 Å². The molecule has 1 atom stereocenters. The van der Waals surface area contributed by atoms with Crippen LogP contribution in [0.25, 0.3) is 0 Å². The molecular weight excluding hydrogens is 218 g/mol. The summed E-state index contributed by atoms with van der Waals surface area (Å²) in [6.07, 6.45) is 2.62. The molecule has 0 unspecified atom stereocenters. The lowest BCUT2D eigenvalue weighted by atomic mass is 9.80. The third-order valence-electron chi connectivity index (χ3n) is 3.18. The van der Waals surface area contributed by atoms with Gasteiger partial charge in [-0.15, -0.1) is 0 Å². The van der Waals surface area contributed by atoms with Crippen LogP contribution in [0.15, 0.2) is 0 Å². The zero-order valence-corrected chi connectivity index (χ0v) is 11.4. The highest BCUT2D eigenvalue weighted by Crippen LogP contribution is 2.29. The Balaban J connectivity index is 2.53. The van der Waals surface area contributed by atoms with Gasteiger partial charge in [-0.2, -0.15) is 0 Å². The van der Waals surface area contributed by atoms with Crippen molar-refractivity contribution in [2.24, 2.45) is 5.92 Å². The molecule has 98 valence electrons. The molecule has 1 aliphatic rings. The molecular formula is C13H23NO3. The second-order valence-corrected chi connectivity index (χ2v) is 5.80. The number of nitrogens with zero attached hydrogens (tertiary/aromatic N) is 1. The van der Waals surface area contributed by atoms with Gasteiger partial charge in [0.05, 0.1) is 6.04 Å². The highest BCUT2D eigenvalue weighted by Gasteiger charge is 2.33. The van der Waals surface area contributed by atoms with Crippen molar-refractivity contribution in [2.45, 2.75) is 58.6 Å². The quantitative estimate of drug-likeness (QED) is 0.763. The third-order valence-corrected chi connectivity index (χ3v) is 3.18. The zero-order valence-electron chi connectivity index (χ0n) is 11.4. The highest BCUT2D eigenvalue weighted by atomic mass is 16.6. The number of likely N-dealkylation sites (N-methyl/N-ethyl adjacent to an activating group) is 1. The van der Waals surface area contributed by atoms with Gasteiger partial charge in [-0.1, -0.05) is 6.42 Å². The van der Waals surface area contributed by atoms with Crippen molar-refractivity contribution in [3.8, 4) is 0 Å². The van der Waals surface area contributed by atoms with E-state index in [1.54, 1.807) is 14.0 Å². The molecule has 0 radical (unpaired) electrons. The van der Waals surface area contributed by atoms with Gasteiger partial charge in [0.2, 0.25) is 0 Å². The molecule has 4 heteroatoms. The molecule has 17 heavy (non-hydrogen) atoms. The first-order valence-electron chi connectivity index (χ1n) is 6.22. The summed E-state index contributed by atoms with van der Waals surface area (Å²) >= 11 is 0. The van der Waals surface area contributed by atoms with Crippen molar-refractivity contribution in [2.75, 3.05) is 7.05 Å². The van der Waals surface area contributed by atoms with Crippen LogP contribution in [0.2, 0.25) is 0 Å². The van der Waals surface area contributed by atoms with E-state index in [0.29, 0.717) is 0 Å². The van der Waals surface area contributed by atoms with Crippen LogP contribution in [-0.2, 0) is 9.53 Å². The Kier molecular flexibility index (Phi) is 4.17. The summed E-state index contributed by atoms with van der Waals surface area (Å²) < 4.78 is 5.24. The summed E-state index contributed by atoms with van der Waals surface area (Å²) in [6.45, 7) is 7.22. The molecule has 0 saturated heterocycles. The van der Waals surface area contributed by atoms with Crippen LogP contribution in [0.3, 0.4) is 0 Å². The zero-order chi connectivity index (χ0) is 13.2. The van der Waals surface area contributed by atoms with Crippen molar-refractivity contribution in [3.05, 3.63) is 0 Å². The maximum absolute atomic E-state index is 12.0. The molecule has 0 aromatic carbocycles. The van der Waals surface area contributed by atoms with Crippen LogP contribution in [-0.4, -0.2) is 35.5 Å². The smallest absolute Gasteiger partial charge is 0.410 e. The lowest BCUT2D eigenvalue weighted by Crippen LogP contribution is -2.46. The number of hydrogen-bond donors (Lipinski definition) is 0. The van der Waals surface area contributed by atoms with E-state index in [0.717, 1.165) is 19.3 Å². The fourth-order valence-corrected chi connectivity index (χ4v) is 1.72. The molecule has 0 heterocycles. The number of carbonyl (C=O) groups is 2. The molecule has 0 N–H and O–H groups in total. The van der Waals surface area contributed by atoms with E-state index >= 15 is 0 Å². The molecule has 0 spiro atoms. The predicted octanol–water partition coefficient (Wildman–Crippen LogP) is 2.61. The number of ketones is 1. The van der Waals surface area contributed by atoms with E-state index in [2.05, 4.69) is 0 Å². The minimum Gasteiger partial charge on any atom is -0.444 e. The molecule has 1 fully saturated rings. The number of hydrogen-bond acceptors (Lipinski definition) is 3. The van der Waals surface area contributed by atoms with Crippen LogP contribution in [0.4, 0.5) is 4.79 Å². The molecule has 0 aliphatic heterocycles. The monoisotopic (exact) mass is 241 g/mol. The minimum atomic E-state index is -0.523. The molecule has 0 bridgehead atoms. The Labute approximate surface area is 103 Å². The van der Waals surface area contributed by atoms with E-state index < -0.39 is 17.7 Å². The molecule has 1 rings (SSSR count). The molecule has 0 aromatic heterocycles. The van der Waals surface area contributed by atoms with Gasteiger partial charge in [0, 0.05) is 13.0 Å². The predicted molar refractivity (Wildman–Crippen MR) is 65.8 cm³/mol. The van der Waals surface area contributed by atoms with E-state index in [9.17, 15) is 9.59 Å². The Morgan fingerprint density at radius 1 is 1.29 bits per heavy atom. The van der Waals surface area contributed by atoms with E-state index in [1.807, 2.05) is 20.8 Å². The van der Waals surface area contributed by atoms with Gasteiger partial charge in [0.1, 0.15) is 5.60 Å². The van der Waals surface area contributed by atoms with E-state index in [4.69, 9.17) is 4.74 Å². The summed E-state index contributed by atoms with van der Waals surface area (Å²) in [7, 11) is 1.62.